The van der Waals surface area contributed by atoms with Crippen molar-refractivity contribution in [3.63, 3.8) is 0 Å². The van der Waals surface area contributed by atoms with Crippen LogP contribution in [0.1, 0.15) is 24.2 Å². The third-order valence-corrected chi connectivity index (χ3v) is 3.71. The molecule has 2 aromatic carbocycles. The first-order chi connectivity index (χ1) is 9.70. The van der Waals surface area contributed by atoms with Crippen molar-refractivity contribution in [2.75, 3.05) is 6.61 Å². The summed E-state index contributed by atoms with van der Waals surface area (Å²) in [6.45, 7) is 2.53. The van der Waals surface area contributed by atoms with Gasteiger partial charge >= 0.3 is 0 Å². The summed E-state index contributed by atoms with van der Waals surface area (Å²) in [6.07, 6.45) is -0.268. The number of ether oxygens (including phenoxy) is 1. The molecule has 0 bridgehead atoms. The molecule has 2 unspecified atom stereocenters. The van der Waals surface area contributed by atoms with Gasteiger partial charge in [0.25, 0.3) is 0 Å². The summed E-state index contributed by atoms with van der Waals surface area (Å²) in [6, 6.07) is 17.9. The highest BCUT2D eigenvalue weighted by atomic mass is 79.9. The summed E-state index contributed by atoms with van der Waals surface area (Å²) < 4.78 is 6.77. The van der Waals surface area contributed by atoms with Crippen LogP contribution >= 0.6 is 15.9 Å². The number of rotatable bonds is 6. The van der Waals surface area contributed by atoms with E-state index < -0.39 is 6.10 Å². The van der Waals surface area contributed by atoms with Crippen LogP contribution in [0.4, 0.5) is 0 Å². The molecule has 20 heavy (non-hydrogen) atoms. The predicted octanol–water partition coefficient (Wildman–Crippen LogP) is 4.13. The van der Waals surface area contributed by atoms with Crippen LogP contribution < -0.4 is 0 Å². The van der Waals surface area contributed by atoms with Crippen LogP contribution in [0.25, 0.3) is 0 Å². The van der Waals surface area contributed by atoms with Crippen LogP contribution in [-0.2, 0) is 11.2 Å². The van der Waals surface area contributed by atoms with Crippen molar-refractivity contribution in [2.45, 2.75) is 25.6 Å². The fourth-order valence-corrected chi connectivity index (χ4v) is 2.49. The predicted molar refractivity (Wildman–Crippen MR) is 84.7 cm³/mol. The van der Waals surface area contributed by atoms with Crippen LogP contribution in [0, 0.1) is 0 Å². The zero-order valence-corrected chi connectivity index (χ0v) is 13.1. The van der Waals surface area contributed by atoms with Crippen molar-refractivity contribution in [1.82, 2.24) is 0 Å². The molecule has 0 spiro atoms. The highest BCUT2D eigenvalue weighted by Gasteiger charge is 2.21. The Hall–Kier alpha value is -1.16. The molecule has 2 rings (SSSR count). The molecule has 0 amide bonds. The molecule has 0 aliphatic rings. The Labute approximate surface area is 128 Å². The van der Waals surface area contributed by atoms with E-state index in [4.69, 9.17) is 4.74 Å². The summed E-state index contributed by atoms with van der Waals surface area (Å²) in [7, 11) is 0. The summed E-state index contributed by atoms with van der Waals surface area (Å²) in [5, 5.41) is 10.5. The van der Waals surface area contributed by atoms with Gasteiger partial charge in [-0.2, -0.15) is 0 Å². The molecule has 2 nitrogen and oxygen atoms in total. The number of aliphatic hydroxyl groups excluding tert-OH is 1. The molecular formula is C17H19BrO2. The van der Waals surface area contributed by atoms with Gasteiger partial charge < -0.3 is 9.84 Å². The van der Waals surface area contributed by atoms with Gasteiger partial charge in [0, 0.05) is 17.5 Å². The van der Waals surface area contributed by atoms with E-state index in [1.54, 1.807) is 0 Å². The minimum atomic E-state index is -0.557. The molecule has 0 aliphatic carbocycles. The summed E-state index contributed by atoms with van der Waals surface area (Å²) in [4.78, 5) is 0. The molecule has 3 heteroatoms. The van der Waals surface area contributed by atoms with E-state index in [1.807, 2.05) is 61.5 Å². The van der Waals surface area contributed by atoms with Crippen LogP contribution in [-0.4, -0.2) is 17.8 Å². The SMILES string of the molecule is CCOC(c1ccccc1)C(O)Cc1ccc(Br)cc1. The lowest BCUT2D eigenvalue weighted by molar-refractivity contribution is -0.0339. The van der Waals surface area contributed by atoms with Crippen molar-refractivity contribution in [3.8, 4) is 0 Å². The lowest BCUT2D eigenvalue weighted by atomic mass is 9.98. The Morgan fingerprint density at radius 1 is 1.05 bits per heavy atom. The smallest absolute Gasteiger partial charge is 0.109 e. The minimum absolute atomic E-state index is 0.287. The van der Waals surface area contributed by atoms with E-state index in [2.05, 4.69) is 15.9 Å². The summed E-state index contributed by atoms with van der Waals surface area (Å²) in [5.74, 6) is 0. The minimum Gasteiger partial charge on any atom is -0.390 e. The molecule has 1 N–H and O–H groups in total. The molecule has 0 saturated heterocycles. The van der Waals surface area contributed by atoms with Gasteiger partial charge in [-0.05, 0) is 30.2 Å². The monoisotopic (exact) mass is 334 g/mol. The van der Waals surface area contributed by atoms with E-state index in [9.17, 15) is 5.11 Å². The third-order valence-electron chi connectivity index (χ3n) is 3.18. The van der Waals surface area contributed by atoms with Crippen LogP contribution in [0.5, 0.6) is 0 Å². The van der Waals surface area contributed by atoms with Crippen LogP contribution in [0.15, 0.2) is 59.1 Å². The number of aliphatic hydroxyl groups is 1. The van der Waals surface area contributed by atoms with Crippen molar-refractivity contribution >= 4 is 15.9 Å². The Balaban J connectivity index is 2.11. The second kappa shape index (κ2) is 7.58. The van der Waals surface area contributed by atoms with Crippen molar-refractivity contribution in [3.05, 3.63) is 70.2 Å². The van der Waals surface area contributed by atoms with Gasteiger partial charge in [0.2, 0.25) is 0 Å². The maximum atomic E-state index is 10.5. The number of halogens is 1. The number of hydrogen-bond acceptors (Lipinski definition) is 2. The fourth-order valence-electron chi connectivity index (χ4n) is 2.22. The Morgan fingerprint density at radius 2 is 1.70 bits per heavy atom. The van der Waals surface area contributed by atoms with Gasteiger partial charge in [-0.1, -0.05) is 58.4 Å². The molecule has 2 aromatic rings. The van der Waals surface area contributed by atoms with E-state index >= 15 is 0 Å². The van der Waals surface area contributed by atoms with Crippen molar-refractivity contribution in [2.24, 2.45) is 0 Å². The molecule has 106 valence electrons. The number of benzene rings is 2. The summed E-state index contributed by atoms with van der Waals surface area (Å²) in [5.41, 5.74) is 2.11. The zero-order valence-electron chi connectivity index (χ0n) is 11.5. The van der Waals surface area contributed by atoms with Crippen molar-refractivity contribution < 1.29 is 9.84 Å². The Bertz CT molecular complexity index is 510. The van der Waals surface area contributed by atoms with Gasteiger partial charge in [0.05, 0.1) is 6.10 Å². The average Bonchev–Trinajstić information content (AvgIpc) is 2.48. The third kappa shape index (κ3) is 4.17. The van der Waals surface area contributed by atoms with E-state index in [-0.39, 0.29) is 6.10 Å². The van der Waals surface area contributed by atoms with Gasteiger partial charge in [-0.15, -0.1) is 0 Å². The quantitative estimate of drug-likeness (QED) is 0.860. The zero-order chi connectivity index (χ0) is 14.4. The Kier molecular flexibility index (Phi) is 5.77. The van der Waals surface area contributed by atoms with E-state index in [0.29, 0.717) is 13.0 Å². The molecule has 0 radical (unpaired) electrons. The van der Waals surface area contributed by atoms with Crippen molar-refractivity contribution in [1.29, 1.82) is 0 Å². The standard InChI is InChI=1S/C17H19BrO2/c1-2-20-17(14-6-4-3-5-7-14)16(19)12-13-8-10-15(18)11-9-13/h3-11,16-17,19H,2,12H2,1H3. The van der Waals surface area contributed by atoms with E-state index in [1.165, 1.54) is 0 Å². The highest BCUT2D eigenvalue weighted by molar-refractivity contribution is 9.10. The second-order valence-corrected chi connectivity index (χ2v) is 5.60. The largest absolute Gasteiger partial charge is 0.390 e. The van der Waals surface area contributed by atoms with Gasteiger partial charge in [0.15, 0.2) is 0 Å². The fraction of sp³-hybridized carbons (Fsp3) is 0.294. The van der Waals surface area contributed by atoms with Gasteiger partial charge in [-0.25, -0.2) is 0 Å². The first-order valence-electron chi connectivity index (χ1n) is 6.79. The lowest BCUT2D eigenvalue weighted by Gasteiger charge is -2.23. The van der Waals surface area contributed by atoms with Crippen LogP contribution in [0.3, 0.4) is 0 Å². The normalized spacial score (nSPS) is 13.9. The molecular weight excluding hydrogens is 316 g/mol. The first kappa shape index (κ1) is 15.2. The van der Waals surface area contributed by atoms with Crippen LogP contribution in [0.2, 0.25) is 0 Å². The highest BCUT2D eigenvalue weighted by Crippen LogP contribution is 2.24. The molecule has 0 fully saturated rings. The topological polar surface area (TPSA) is 29.5 Å². The first-order valence-corrected chi connectivity index (χ1v) is 7.59. The lowest BCUT2D eigenvalue weighted by Crippen LogP contribution is -2.23. The Morgan fingerprint density at radius 3 is 2.30 bits per heavy atom. The average molecular weight is 335 g/mol. The maximum Gasteiger partial charge on any atom is 0.109 e. The van der Waals surface area contributed by atoms with Gasteiger partial charge in [0.1, 0.15) is 6.10 Å². The maximum absolute atomic E-state index is 10.5. The molecule has 0 heterocycles. The van der Waals surface area contributed by atoms with Gasteiger partial charge in [-0.3, -0.25) is 0 Å². The summed E-state index contributed by atoms with van der Waals surface area (Å²) >= 11 is 3.41. The molecule has 0 aliphatic heterocycles. The molecule has 0 saturated carbocycles. The van der Waals surface area contributed by atoms with E-state index in [0.717, 1.165) is 15.6 Å². The molecule has 2 atom stereocenters. The second-order valence-electron chi connectivity index (χ2n) is 4.68. The molecule has 0 aromatic heterocycles. The number of hydrogen-bond donors (Lipinski definition) is 1.